The predicted octanol–water partition coefficient (Wildman–Crippen LogP) is 3.35. The minimum Gasteiger partial charge on any atom is -0.458 e. The number of ketones is 1. The van der Waals surface area contributed by atoms with Gasteiger partial charge in [-0.1, -0.05) is 19.4 Å². The summed E-state index contributed by atoms with van der Waals surface area (Å²) in [6.45, 7) is 8.41. The molecule has 6 heteroatoms. The van der Waals surface area contributed by atoms with E-state index in [1.54, 1.807) is 12.2 Å². The number of hydrogen-bond acceptors (Lipinski definition) is 6. The summed E-state index contributed by atoms with van der Waals surface area (Å²) in [6.07, 6.45) is 8.23. The second-order valence-corrected chi connectivity index (χ2v) is 12.5. The molecule has 6 rings (SSSR count). The summed E-state index contributed by atoms with van der Waals surface area (Å²) in [5, 5.41) is 20.4. The highest BCUT2D eigenvalue weighted by Gasteiger charge is 2.80. The Morgan fingerprint density at radius 3 is 2.65 bits per heavy atom. The van der Waals surface area contributed by atoms with E-state index < -0.39 is 17.1 Å². The van der Waals surface area contributed by atoms with Gasteiger partial charge in [-0.25, -0.2) is 4.79 Å². The fraction of sp³-hybridized carbons (Fsp3) is 0.786. The van der Waals surface area contributed by atoms with E-state index in [1.807, 2.05) is 6.92 Å². The molecule has 0 radical (unpaired) electrons. The summed E-state index contributed by atoms with van der Waals surface area (Å²) in [4.78, 5) is 25.8. The molecule has 0 aromatic heterocycles. The standard InChI is InChI=1S/C28H38O6/c1-14-11-21(33-25(32)17(14)13-29)15(2)18-5-6-19-16-12-24-28(34-24)23(31)8-7-22(30)27(28,4)20(16)9-10-26(18,19)3/h7-8,15-16,18-21,23-24,29,31H,5-6,9-13H2,1-4H3/t15-,16-,18+,19?,20?,21+,23-,24+,26+,27-,28+/m0/s1. The average Bonchev–Trinajstić information content (AvgIpc) is 3.43. The normalized spacial score (nSPS) is 52.4. The monoisotopic (exact) mass is 470 g/mol. The molecule has 3 saturated carbocycles. The largest absolute Gasteiger partial charge is 0.458 e. The summed E-state index contributed by atoms with van der Waals surface area (Å²) in [5.74, 6) is 1.61. The quantitative estimate of drug-likeness (QED) is 0.485. The summed E-state index contributed by atoms with van der Waals surface area (Å²) in [6, 6.07) is 0. The number of fused-ring (bicyclic) bond motifs is 4. The molecule has 4 fully saturated rings. The van der Waals surface area contributed by atoms with Crippen molar-refractivity contribution in [2.45, 2.75) is 90.1 Å². The molecule has 186 valence electrons. The Kier molecular flexibility index (Phi) is 4.90. The number of carbonyl (C=O) groups is 2. The smallest absolute Gasteiger partial charge is 0.336 e. The number of rotatable bonds is 3. The number of cyclic esters (lactones) is 1. The highest BCUT2D eigenvalue weighted by Crippen LogP contribution is 2.73. The summed E-state index contributed by atoms with van der Waals surface area (Å²) in [5.41, 5.74) is 0.129. The number of allylic oxidation sites excluding steroid dienone is 1. The van der Waals surface area contributed by atoms with Crippen molar-refractivity contribution in [1.82, 2.24) is 0 Å². The van der Waals surface area contributed by atoms with E-state index in [9.17, 15) is 19.8 Å². The molecule has 6 nitrogen and oxygen atoms in total. The second kappa shape index (κ2) is 7.27. The lowest BCUT2D eigenvalue weighted by molar-refractivity contribution is -0.155. The maximum absolute atomic E-state index is 13.3. The summed E-state index contributed by atoms with van der Waals surface area (Å²) >= 11 is 0. The minimum absolute atomic E-state index is 0.0366. The van der Waals surface area contributed by atoms with Gasteiger partial charge in [-0.3, -0.25) is 4.79 Å². The first kappa shape index (κ1) is 22.9. The SMILES string of the molecule is CC1=C(CO)C(=O)O[C@@H]([C@@H](C)[C@H]2CCC3[C@@H]4C[C@H]5O[C@]56[C@@H](O)C=CC(=O)[C@]6(C)C4CC[C@@]32C)C1. The van der Waals surface area contributed by atoms with Crippen LogP contribution in [0.4, 0.5) is 0 Å². The van der Waals surface area contributed by atoms with Crippen molar-refractivity contribution >= 4 is 11.8 Å². The molecular weight excluding hydrogens is 432 g/mol. The molecule has 0 amide bonds. The molecular formula is C28H38O6. The van der Waals surface area contributed by atoms with Crippen LogP contribution in [0.25, 0.3) is 0 Å². The molecule has 11 atom stereocenters. The molecule has 2 unspecified atom stereocenters. The van der Waals surface area contributed by atoms with Crippen molar-refractivity contribution in [2.75, 3.05) is 6.61 Å². The number of esters is 1. The minimum atomic E-state index is -0.719. The zero-order valence-electron chi connectivity index (χ0n) is 20.8. The maximum Gasteiger partial charge on any atom is 0.336 e. The fourth-order valence-electron chi connectivity index (χ4n) is 9.69. The Morgan fingerprint density at radius 1 is 1.18 bits per heavy atom. The first-order valence-electron chi connectivity index (χ1n) is 13.2. The molecule has 0 aromatic carbocycles. The van der Waals surface area contributed by atoms with Crippen LogP contribution in [-0.4, -0.2) is 52.5 Å². The van der Waals surface area contributed by atoms with Crippen molar-refractivity contribution in [3.8, 4) is 0 Å². The van der Waals surface area contributed by atoms with Crippen LogP contribution in [0.5, 0.6) is 0 Å². The second-order valence-electron chi connectivity index (χ2n) is 12.5. The van der Waals surface area contributed by atoms with Crippen LogP contribution in [0, 0.1) is 40.4 Å². The van der Waals surface area contributed by atoms with Gasteiger partial charge in [0.2, 0.25) is 0 Å². The third kappa shape index (κ3) is 2.63. The van der Waals surface area contributed by atoms with Gasteiger partial charge in [0.25, 0.3) is 0 Å². The number of aliphatic hydroxyl groups excluding tert-OH is 2. The van der Waals surface area contributed by atoms with Gasteiger partial charge in [0.1, 0.15) is 17.8 Å². The lowest BCUT2D eigenvalue weighted by Gasteiger charge is -2.58. The van der Waals surface area contributed by atoms with E-state index in [0.717, 1.165) is 37.7 Å². The third-order valence-corrected chi connectivity index (χ3v) is 11.6. The Hall–Kier alpha value is -1.50. The fourth-order valence-corrected chi connectivity index (χ4v) is 9.69. The molecule has 2 heterocycles. The number of ether oxygens (including phenoxy) is 2. The molecule has 2 N–H and O–H groups in total. The van der Waals surface area contributed by atoms with Crippen LogP contribution < -0.4 is 0 Å². The Labute approximate surface area is 201 Å². The average molecular weight is 471 g/mol. The lowest BCUT2D eigenvalue weighted by Crippen LogP contribution is -2.63. The Morgan fingerprint density at radius 2 is 1.94 bits per heavy atom. The van der Waals surface area contributed by atoms with Gasteiger partial charge in [0.15, 0.2) is 5.78 Å². The van der Waals surface area contributed by atoms with Crippen molar-refractivity contribution in [3.63, 3.8) is 0 Å². The lowest BCUT2D eigenvalue weighted by atomic mass is 9.44. The van der Waals surface area contributed by atoms with Crippen LogP contribution >= 0.6 is 0 Å². The highest BCUT2D eigenvalue weighted by atomic mass is 16.6. The van der Waals surface area contributed by atoms with Gasteiger partial charge in [0.05, 0.1) is 23.7 Å². The van der Waals surface area contributed by atoms with Gasteiger partial charge >= 0.3 is 5.97 Å². The van der Waals surface area contributed by atoms with E-state index in [0.29, 0.717) is 29.7 Å². The van der Waals surface area contributed by atoms with Gasteiger partial charge in [0, 0.05) is 6.42 Å². The van der Waals surface area contributed by atoms with E-state index >= 15 is 0 Å². The summed E-state index contributed by atoms with van der Waals surface area (Å²) in [7, 11) is 0. The zero-order valence-corrected chi connectivity index (χ0v) is 20.8. The van der Waals surface area contributed by atoms with Crippen LogP contribution in [0.15, 0.2) is 23.3 Å². The maximum atomic E-state index is 13.3. The van der Waals surface area contributed by atoms with Crippen LogP contribution in [0.3, 0.4) is 0 Å². The predicted molar refractivity (Wildman–Crippen MR) is 124 cm³/mol. The Bertz CT molecular complexity index is 999. The molecule has 0 bridgehead atoms. The zero-order chi connectivity index (χ0) is 24.2. The highest BCUT2D eigenvalue weighted by molar-refractivity contribution is 5.98. The molecule has 2 aliphatic heterocycles. The van der Waals surface area contributed by atoms with Crippen LogP contribution in [0.1, 0.15) is 66.2 Å². The first-order chi connectivity index (χ1) is 16.1. The van der Waals surface area contributed by atoms with Gasteiger partial charge in [-0.05, 0) is 93.1 Å². The van der Waals surface area contributed by atoms with Crippen molar-refractivity contribution in [2.24, 2.45) is 40.4 Å². The number of epoxide rings is 1. The van der Waals surface area contributed by atoms with Crippen LogP contribution in [-0.2, 0) is 19.1 Å². The molecule has 1 spiro atoms. The molecule has 0 aromatic rings. The van der Waals surface area contributed by atoms with Gasteiger partial charge in [-0.2, -0.15) is 0 Å². The van der Waals surface area contributed by atoms with Crippen LogP contribution in [0.2, 0.25) is 0 Å². The van der Waals surface area contributed by atoms with Gasteiger partial charge in [-0.15, -0.1) is 0 Å². The summed E-state index contributed by atoms with van der Waals surface area (Å²) < 4.78 is 12.1. The third-order valence-electron chi connectivity index (χ3n) is 11.6. The number of carbonyl (C=O) groups excluding carboxylic acids is 2. The van der Waals surface area contributed by atoms with Gasteiger partial charge < -0.3 is 19.7 Å². The molecule has 6 aliphatic rings. The van der Waals surface area contributed by atoms with E-state index in [4.69, 9.17) is 9.47 Å². The molecule has 4 aliphatic carbocycles. The van der Waals surface area contributed by atoms with Crippen molar-refractivity contribution in [1.29, 1.82) is 0 Å². The topological polar surface area (TPSA) is 96.4 Å². The van der Waals surface area contributed by atoms with E-state index in [2.05, 4.69) is 20.8 Å². The van der Waals surface area contributed by atoms with E-state index in [-0.39, 0.29) is 47.8 Å². The van der Waals surface area contributed by atoms with Crippen molar-refractivity contribution < 1.29 is 29.3 Å². The molecule has 1 saturated heterocycles. The number of hydrogen-bond donors (Lipinski definition) is 2. The molecule has 34 heavy (non-hydrogen) atoms. The first-order valence-corrected chi connectivity index (χ1v) is 13.2. The Balaban J connectivity index is 1.27. The number of aliphatic hydroxyl groups is 2. The van der Waals surface area contributed by atoms with E-state index in [1.165, 1.54) is 0 Å². The van der Waals surface area contributed by atoms with Crippen molar-refractivity contribution in [3.05, 3.63) is 23.3 Å².